The van der Waals surface area contributed by atoms with Crippen molar-refractivity contribution in [2.45, 2.75) is 0 Å². The molecule has 1 aromatic rings. The number of nitrogens with zero attached hydrogens (tertiary/aromatic N) is 1. The Hall–Kier alpha value is -1.59. The summed E-state index contributed by atoms with van der Waals surface area (Å²) < 4.78 is 0. The third-order valence-corrected chi connectivity index (χ3v) is 1.60. The molecule has 1 aliphatic rings. The summed E-state index contributed by atoms with van der Waals surface area (Å²) in [6.07, 6.45) is 5.44. The Morgan fingerprint density at radius 3 is 2.82 bits per heavy atom. The van der Waals surface area contributed by atoms with E-state index in [1.807, 2.05) is 36.6 Å². The average Bonchev–Trinajstić information content (AvgIpc) is 2.28. The standard InChI is InChI=1S/C10H7N/c1-2-5-10-8-11-7-3-6-9(10)4-1/h1-2,4-8H. The van der Waals surface area contributed by atoms with Crippen molar-refractivity contribution in [1.29, 1.82) is 0 Å². The van der Waals surface area contributed by atoms with Crippen molar-refractivity contribution < 1.29 is 0 Å². The van der Waals surface area contributed by atoms with E-state index in [1.54, 1.807) is 6.20 Å². The molecule has 0 N–H and O–H groups in total. The van der Waals surface area contributed by atoms with Crippen LogP contribution in [0.2, 0.25) is 0 Å². The van der Waals surface area contributed by atoms with E-state index in [0.29, 0.717) is 0 Å². The third kappa shape index (κ3) is 1.14. The van der Waals surface area contributed by atoms with E-state index in [-0.39, 0.29) is 0 Å². The Bertz CT molecular complexity index is 355. The van der Waals surface area contributed by atoms with Gasteiger partial charge in [0.25, 0.3) is 0 Å². The summed E-state index contributed by atoms with van der Waals surface area (Å²) in [6, 6.07) is 8.10. The molecule has 0 unspecified atom stereocenters. The van der Waals surface area contributed by atoms with Crippen LogP contribution in [0.1, 0.15) is 11.1 Å². The van der Waals surface area contributed by atoms with E-state index >= 15 is 0 Å². The van der Waals surface area contributed by atoms with Crippen molar-refractivity contribution in [1.82, 2.24) is 0 Å². The smallest absolute Gasteiger partial charge is 0.0686 e. The maximum absolute atomic E-state index is 4.02. The molecule has 0 bridgehead atoms. The van der Waals surface area contributed by atoms with Crippen molar-refractivity contribution in [3.8, 4) is 0 Å². The van der Waals surface area contributed by atoms with E-state index in [4.69, 9.17) is 0 Å². The molecule has 2 rings (SSSR count). The molecular formula is C10H7N. The normalized spacial score (nSPS) is 12.7. The van der Waals surface area contributed by atoms with Crippen molar-refractivity contribution in [3.63, 3.8) is 0 Å². The van der Waals surface area contributed by atoms with Crippen LogP contribution in [0.15, 0.2) is 41.2 Å². The first kappa shape index (κ1) is 6.14. The SMILES string of the molecule is C1=CN=Cc2ccccc2C=1. The Kier molecular flexibility index (Phi) is 1.43. The molecule has 0 saturated heterocycles. The van der Waals surface area contributed by atoms with E-state index in [0.717, 1.165) is 5.56 Å². The van der Waals surface area contributed by atoms with Crippen molar-refractivity contribution in [2.24, 2.45) is 4.99 Å². The number of aliphatic imine (C=N–C) groups is 1. The fourth-order valence-corrected chi connectivity index (χ4v) is 1.05. The van der Waals surface area contributed by atoms with Crippen molar-refractivity contribution >= 4 is 12.3 Å². The first-order chi connectivity index (χ1) is 5.47. The van der Waals surface area contributed by atoms with Crippen LogP contribution < -0.4 is 0 Å². The van der Waals surface area contributed by atoms with Gasteiger partial charge in [-0.2, -0.15) is 0 Å². The van der Waals surface area contributed by atoms with E-state index in [9.17, 15) is 0 Å². The fraction of sp³-hybridized carbons (Fsp3) is 0. The highest BCUT2D eigenvalue weighted by Crippen LogP contribution is 2.09. The Morgan fingerprint density at radius 1 is 1.09 bits per heavy atom. The Labute approximate surface area is 65.4 Å². The summed E-state index contributed by atoms with van der Waals surface area (Å²) in [7, 11) is 0. The van der Waals surface area contributed by atoms with Gasteiger partial charge in [0, 0.05) is 11.8 Å². The molecular weight excluding hydrogens is 134 g/mol. The third-order valence-electron chi connectivity index (χ3n) is 1.60. The molecule has 0 radical (unpaired) electrons. The van der Waals surface area contributed by atoms with Crippen molar-refractivity contribution in [3.05, 3.63) is 47.3 Å². The van der Waals surface area contributed by atoms with Crippen LogP contribution in [0, 0.1) is 0 Å². The minimum absolute atomic E-state index is 1.15. The number of fused-ring (bicyclic) bond motifs is 1. The van der Waals surface area contributed by atoms with E-state index in [2.05, 4.69) is 10.7 Å². The lowest BCUT2D eigenvalue weighted by Crippen LogP contribution is -1.83. The van der Waals surface area contributed by atoms with Gasteiger partial charge < -0.3 is 0 Å². The Morgan fingerprint density at radius 2 is 1.91 bits per heavy atom. The summed E-state index contributed by atoms with van der Waals surface area (Å²) in [5.41, 5.74) is 5.27. The first-order valence-corrected chi connectivity index (χ1v) is 3.50. The van der Waals surface area contributed by atoms with Crippen LogP contribution in [0.4, 0.5) is 0 Å². The molecule has 0 spiro atoms. The van der Waals surface area contributed by atoms with Gasteiger partial charge in [0.2, 0.25) is 0 Å². The summed E-state index contributed by atoms with van der Waals surface area (Å²) in [4.78, 5) is 4.02. The van der Waals surface area contributed by atoms with Gasteiger partial charge >= 0.3 is 0 Å². The van der Waals surface area contributed by atoms with Crippen LogP contribution >= 0.6 is 0 Å². The molecule has 0 atom stereocenters. The second-order valence-corrected chi connectivity index (χ2v) is 2.35. The molecule has 1 nitrogen and oxygen atoms in total. The van der Waals surface area contributed by atoms with Gasteiger partial charge in [-0.25, -0.2) is 0 Å². The first-order valence-electron chi connectivity index (χ1n) is 3.50. The van der Waals surface area contributed by atoms with Gasteiger partial charge in [0.05, 0.1) is 6.20 Å². The predicted octanol–water partition coefficient (Wildman–Crippen LogP) is 2.24. The lowest BCUT2D eigenvalue weighted by atomic mass is 10.1. The maximum atomic E-state index is 4.02. The second kappa shape index (κ2) is 2.57. The monoisotopic (exact) mass is 141 g/mol. The minimum Gasteiger partial charge on any atom is -0.256 e. The zero-order valence-corrected chi connectivity index (χ0v) is 5.99. The average molecular weight is 141 g/mol. The molecule has 0 saturated carbocycles. The topological polar surface area (TPSA) is 12.4 Å². The quantitative estimate of drug-likeness (QED) is 0.491. The molecule has 1 heteroatoms. The molecule has 52 valence electrons. The highest BCUT2D eigenvalue weighted by atomic mass is 14.7. The molecule has 0 aliphatic carbocycles. The fourth-order valence-electron chi connectivity index (χ4n) is 1.05. The van der Waals surface area contributed by atoms with E-state index < -0.39 is 0 Å². The number of hydrogen-bond acceptors (Lipinski definition) is 1. The number of rotatable bonds is 0. The second-order valence-electron chi connectivity index (χ2n) is 2.35. The number of benzene rings is 1. The summed E-state index contributed by atoms with van der Waals surface area (Å²) in [5.74, 6) is 0. The van der Waals surface area contributed by atoms with Crippen LogP contribution in [0.3, 0.4) is 0 Å². The lowest BCUT2D eigenvalue weighted by Gasteiger charge is -1.95. The van der Waals surface area contributed by atoms with Crippen molar-refractivity contribution in [2.75, 3.05) is 0 Å². The highest BCUT2D eigenvalue weighted by molar-refractivity contribution is 5.86. The van der Waals surface area contributed by atoms with Gasteiger partial charge in [-0.15, -0.1) is 5.73 Å². The van der Waals surface area contributed by atoms with Crippen LogP contribution in [-0.2, 0) is 0 Å². The van der Waals surface area contributed by atoms with Gasteiger partial charge in [-0.05, 0) is 11.6 Å². The van der Waals surface area contributed by atoms with Crippen LogP contribution in [0.5, 0.6) is 0 Å². The van der Waals surface area contributed by atoms with Gasteiger partial charge in [0.15, 0.2) is 0 Å². The summed E-state index contributed by atoms with van der Waals surface area (Å²) in [5, 5.41) is 0. The van der Waals surface area contributed by atoms with Gasteiger partial charge in [-0.3, -0.25) is 4.99 Å². The molecule has 1 aliphatic heterocycles. The van der Waals surface area contributed by atoms with Gasteiger partial charge in [-0.1, -0.05) is 24.3 Å². The zero-order valence-electron chi connectivity index (χ0n) is 5.99. The zero-order chi connectivity index (χ0) is 7.52. The molecule has 1 heterocycles. The molecule has 0 fully saturated rings. The summed E-state index contributed by atoms with van der Waals surface area (Å²) >= 11 is 0. The van der Waals surface area contributed by atoms with E-state index in [1.165, 1.54) is 5.56 Å². The maximum Gasteiger partial charge on any atom is 0.0686 e. The minimum atomic E-state index is 1.15. The molecule has 11 heavy (non-hydrogen) atoms. The molecule has 0 aromatic heterocycles. The highest BCUT2D eigenvalue weighted by Gasteiger charge is 1.94. The number of hydrogen-bond donors (Lipinski definition) is 0. The Balaban J connectivity index is 2.67. The van der Waals surface area contributed by atoms with Crippen LogP contribution in [0.25, 0.3) is 6.08 Å². The predicted molar refractivity (Wildman–Crippen MR) is 46.6 cm³/mol. The van der Waals surface area contributed by atoms with Crippen LogP contribution in [-0.4, -0.2) is 6.21 Å². The summed E-state index contributed by atoms with van der Waals surface area (Å²) in [6.45, 7) is 0. The van der Waals surface area contributed by atoms with Gasteiger partial charge in [0.1, 0.15) is 0 Å². The molecule has 1 aromatic carbocycles. The lowest BCUT2D eigenvalue weighted by molar-refractivity contribution is 1.58. The molecule has 0 amide bonds. The largest absolute Gasteiger partial charge is 0.256 e.